The number of ether oxygens (including phenoxy) is 2. The summed E-state index contributed by atoms with van der Waals surface area (Å²) in [6.45, 7) is 4.82. The fourth-order valence-corrected chi connectivity index (χ4v) is 2.43. The Morgan fingerprint density at radius 2 is 1.94 bits per heavy atom. The molecular weight excluding hydrogens is 341 g/mol. The molecule has 1 fully saturated rings. The van der Waals surface area contributed by atoms with Gasteiger partial charge in [-0.25, -0.2) is 0 Å². The standard InChI is InChI=1S/C13H17NO2.CH3I/c1-2-4-13-11(3-1)9-12(16-13)10-14-5-7-15-8-6-14;1-2/h1-4,12H,5-10H2;1H3. The van der Waals surface area contributed by atoms with Gasteiger partial charge in [-0.1, -0.05) is 40.8 Å². The number of morpholine rings is 1. The van der Waals surface area contributed by atoms with Crippen LogP contribution in [0.2, 0.25) is 0 Å². The Bertz CT molecular complexity index is 342. The number of nitrogens with zero attached hydrogens (tertiary/aromatic N) is 1. The highest BCUT2D eigenvalue weighted by molar-refractivity contribution is 14.1. The molecule has 1 unspecified atom stereocenters. The topological polar surface area (TPSA) is 21.7 Å². The molecule has 0 aliphatic carbocycles. The molecule has 0 bridgehead atoms. The van der Waals surface area contributed by atoms with E-state index in [1.54, 1.807) is 0 Å². The Balaban J connectivity index is 0.000000574. The van der Waals surface area contributed by atoms with Crippen LogP contribution in [-0.4, -0.2) is 48.8 Å². The molecule has 0 amide bonds. The summed E-state index contributed by atoms with van der Waals surface area (Å²) >= 11 is 2.15. The maximum Gasteiger partial charge on any atom is 0.123 e. The molecule has 0 aromatic heterocycles. The molecule has 0 spiro atoms. The van der Waals surface area contributed by atoms with Gasteiger partial charge in [-0.2, -0.15) is 0 Å². The number of rotatable bonds is 2. The Hall–Kier alpha value is -0.330. The fraction of sp³-hybridized carbons (Fsp3) is 0.571. The second-order valence-corrected chi connectivity index (χ2v) is 4.46. The molecule has 100 valence electrons. The highest BCUT2D eigenvalue weighted by Crippen LogP contribution is 2.28. The molecule has 18 heavy (non-hydrogen) atoms. The van der Waals surface area contributed by atoms with Crippen molar-refractivity contribution in [2.45, 2.75) is 12.5 Å². The zero-order valence-corrected chi connectivity index (χ0v) is 12.9. The zero-order chi connectivity index (χ0) is 12.8. The molecule has 0 radical (unpaired) electrons. The highest BCUT2D eigenvalue weighted by atomic mass is 127. The average Bonchev–Trinajstić information content (AvgIpc) is 2.84. The van der Waals surface area contributed by atoms with Gasteiger partial charge in [0.05, 0.1) is 13.2 Å². The minimum Gasteiger partial charge on any atom is -0.488 e. The van der Waals surface area contributed by atoms with Gasteiger partial charge in [-0.15, -0.1) is 0 Å². The summed E-state index contributed by atoms with van der Waals surface area (Å²) in [5.41, 5.74) is 1.35. The number of benzene rings is 1. The molecule has 1 atom stereocenters. The van der Waals surface area contributed by atoms with Gasteiger partial charge in [-0.05, 0) is 16.6 Å². The first-order valence-electron chi connectivity index (χ1n) is 6.34. The van der Waals surface area contributed by atoms with Crippen LogP contribution in [0.15, 0.2) is 24.3 Å². The molecule has 4 heteroatoms. The molecule has 1 aromatic carbocycles. The number of fused-ring (bicyclic) bond motifs is 1. The summed E-state index contributed by atoms with van der Waals surface area (Å²) in [7, 11) is 0. The van der Waals surface area contributed by atoms with Gasteiger partial charge in [0.15, 0.2) is 0 Å². The minimum absolute atomic E-state index is 0.329. The second kappa shape index (κ2) is 7.31. The zero-order valence-electron chi connectivity index (χ0n) is 10.8. The van der Waals surface area contributed by atoms with Crippen LogP contribution in [0, 0.1) is 0 Å². The largest absolute Gasteiger partial charge is 0.488 e. The normalized spacial score (nSPS) is 22.7. The van der Waals surface area contributed by atoms with Crippen molar-refractivity contribution in [1.29, 1.82) is 0 Å². The monoisotopic (exact) mass is 361 g/mol. The molecule has 1 saturated heterocycles. The Morgan fingerprint density at radius 3 is 2.67 bits per heavy atom. The van der Waals surface area contributed by atoms with E-state index in [1.165, 1.54) is 5.56 Å². The van der Waals surface area contributed by atoms with Crippen molar-refractivity contribution in [3.63, 3.8) is 0 Å². The van der Waals surface area contributed by atoms with E-state index >= 15 is 0 Å². The third-order valence-corrected chi connectivity index (χ3v) is 3.28. The number of hydrogen-bond acceptors (Lipinski definition) is 3. The summed E-state index contributed by atoms with van der Waals surface area (Å²) < 4.78 is 11.3. The van der Waals surface area contributed by atoms with Crippen LogP contribution in [0.4, 0.5) is 0 Å². The summed E-state index contributed by atoms with van der Waals surface area (Å²) in [6, 6.07) is 8.35. The van der Waals surface area contributed by atoms with Crippen LogP contribution in [-0.2, 0) is 11.2 Å². The molecule has 1 aromatic rings. The summed E-state index contributed by atoms with van der Waals surface area (Å²) in [6.07, 6.45) is 1.38. The van der Waals surface area contributed by atoms with Crippen LogP contribution in [0.1, 0.15) is 5.56 Å². The molecule has 2 aliphatic rings. The Morgan fingerprint density at radius 1 is 1.22 bits per heavy atom. The Kier molecular flexibility index (Phi) is 5.72. The van der Waals surface area contributed by atoms with E-state index in [-0.39, 0.29) is 0 Å². The third-order valence-electron chi connectivity index (χ3n) is 3.28. The van der Waals surface area contributed by atoms with Gasteiger partial charge in [0.25, 0.3) is 0 Å². The molecule has 0 N–H and O–H groups in total. The van der Waals surface area contributed by atoms with Gasteiger partial charge in [0.2, 0.25) is 0 Å². The maximum atomic E-state index is 5.93. The molecule has 3 rings (SSSR count). The lowest BCUT2D eigenvalue weighted by atomic mass is 10.1. The first-order chi connectivity index (χ1) is 8.92. The van der Waals surface area contributed by atoms with E-state index in [0.29, 0.717) is 6.10 Å². The molecule has 0 saturated carbocycles. The molecule has 2 aliphatic heterocycles. The lowest BCUT2D eigenvalue weighted by Gasteiger charge is -2.28. The van der Waals surface area contributed by atoms with E-state index in [9.17, 15) is 0 Å². The van der Waals surface area contributed by atoms with Gasteiger partial charge < -0.3 is 9.47 Å². The van der Waals surface area contributed by atoms with Crippen LogP contribution in [0.25, 0.3) is 0 Å². The fourth-order valence-electron chi connectivity index (χ4n) is 2.43. The van der Waals surface area contributed by atoms with Crippen LogP contribution in [0.5, 0.6) is 5.75 Å². The summed E-state index contributed by atoms with van der Waals surface area (Å²) in [5, 5.41) is 0. The number of hydrogen-bond donors (Lipinski definition) is 0. The highest BCUT2D eigenvalue weighted by Gasteiger charge is 2.25. The lowest BCUT2D eigenvalue weighted by molar-refractivity contribution is 0.0223. The van der Waals surface area contributed by atoms with Crippen LogP contribution < -0.4 is 4.74 Å². The average molecular weight is 361 g/mol. The first-order valence-corrected chi connectivity index (χ1v) is 8.50. The van der Waals surface area contributed by atoms with Crippen molar-refractivity contribution in [2.24, 2.45) is 0 Å². The molecule has 3 nitrogen and oxygen atoms in total. The summed E-state index contributed by atoms with van der Waals surface area (Å²) in [4.78, 5) is 4.40. The van der Waals surface area contributed by atoms with Crippen molar-refractivity contribution in [1.82, 2.24) is 4.90 Å². The van der Waals surface area contributed by atoms with E-state index < -0.39 is 0 Å². The minimum atomic E-state index is 0.329. The number of para-hydroxylation sites is 1. The van der Waals surface area contributed by atoms with Gasteiger partial charge in [-0.3, -0.25) is 4.90 Å². The predicted octanol–water partition coefficient (Wildman–Crippen LogP) is 2.37. The van der Waals surface area contributed by atoms with E-state index in [0.717, 1.165) is 45.0 Å². The van der Waals surface area contributed by atoms with Gasteiger partial charge in [0.1, 0.15) is 11.9 Å². The van der Waals surface area contributed by atoms with Crippen molar-refractivity contribution in [3.05, 3.63) is 29.8 Å². The van der Waals surface area contributed by atoms with E-state index in [1.807, 2.05) is 11.0 Å². The third kappa shape index (κ3) is 3.59. The quantitative estimate of drug-likeness (QED) is 0.597. The van der Waals surface area contributed by atoms with Crippen LogP contribution >= 0.6 is 22.6 Å². The van der Waals surface area contributed by atoms with Crippen LogP contribution in [0.3, 0.4) is 0 Å². The van der Waals surface area contributed by atoms with E-state index in [4.69, 9.17) is 9.47 Å². The van der Waals surface area contributed by atoms with Gasteiger partial charge in [0, 0.05) is 26.1 Å². The predicted molar refractivity (Wildman–Crippen MR) is 81.8 cm³/mol. The SMILES string of the molecule is CI.c1ccc2c(c1)CC(CN1CCOCC1)O2. The van der Waals surface area contributed by atoms with Crippen molar-refractivity contribution in [2.75, 3.05) is 37.8 Å². The van der Waals surface area contributed by atoms with Gasteiger partial charge >= 0.3 is 0 Å². The Labute approximate surface area is 123 Å². The number of alkyl halides is 1. The summed E-state index contributed by atoms with van der Waals surface area (Å²) in [5.74, 6) is 1.07. The smallest absolute Gasteiger partial charge is 0.123 e. The van der Waals surface area contributed by atoms with Crippen molar-refractivity contribution >= 4 is 22.6 Å². The molecule has 2 heterocycles. The maximum absolute atomic E-state index is 5.93. The molecular formula is C14H20INO2. The first kappa shape index (κ1) is 14.1. The number of halogens is 1. The lowest BCUT2D eigenvalue weighted by Crippen LogP contribution is -2.42. The van der Waals surface area contributed by atoms with E-state index in [2.05, 4.69) is 45.7 Å². The van der Waals surface area contributed by atoms with Crippen molar-refractivity contribution < 1.29 is 9.47 Å². The second-order valence-electron chi connectivity index (χ2n) is 4.46. The van der Waals surface area contributed by atoms with Crippen molar-refractivity contribution in [3.8, 4) is 5.75 Å².